The molecule has 2 heterocycles. The molecule has 0 saturated carbocycles. The van der Waals surface area contributed by atoms with Gasteiger partial charge in [-0.1, -0.05) is 0 Å². The highest BCUT2D eigenvalue weighted by Gasteiger charge is 2.14. The molecule has 1 aromatic heterocycles. The zero-order valence-corrected chi connectivity index (χ0v) is 9.18. The van der Waals surface area contributed by atoms with Gasteiger partial charge in [-0.25, -0.2) is 9.97 Å². The van der Waals surface area contributed by atoms with Crippen LogP contribution in [0.3, 0.4) is 0 Å². The molecule has 0 spiro atoms. The van der Waals surface area contributed by atoms with Gasteiger partial charge >= 0.3 is 0 Å². The standard InChI is InChI=1S/C10H15N3S/c1-8-4-11-10(12-5-8)13-6-9-2-3-14-7-9/h4-5,9H,2-3,6-7H2,1H3,(H,11,12,13). The molecular formula is C10H15N3S. The lowest BCUT2D eigenvalue weighted by Crippen LogP contribution is -2.14. The van der Waals surface area contributed by atoms with E-state index in [4.69, 9.17) is 0 Å². The van der Waals surface area contributed by atoms with Crippen molar-refractivity contribution in [2.75, 3.05) is 23.4 Å². The van der Waals surface area contributed by atoms with Gasteiger partial charge in [-0.15, -0.1) is 0 Å². The van der Waals surface area contributed by atoms with Gasteiger partial charge in [0, 0.05) is 18.9 Å². The van der Waals surface area contributed by atoms with Crippen LogP contribution in [-0.4, -0.2) is 28.0 Å². The number of aryl methyl sites for hydroxylation is 1. The minimum absolute atomic E-state index is 0.757. The molecule has 1 unspecified atom stereocenters. The topological polar surface area (TPSA) is 37.8 Å². The summed E-state index contributed by atoms with van der Waals surface area (Å²) in [5, 5.41) is 3.28. The van der Waals surface area contributed by atoms with Crippen molar-refractivity contribution in [1.29, 1.82) is 0 Å². The first kappa shape index (κ1) is 9.77. The molecule has 1 aliphatic rings. The van der Waals surface area contributed by atoms with Crippen LogP contribution in [0.1, 0.15) is 12.0 Å². The average Bonchev–Trinajstić information content (AvgIpc) is 2.70. The quantitative estimate of drug-likeness (QED) is 0.825. The molecule has 14 heavy (non-hydrogen) atoms. The first-order chi connectivity index (χ1) is 6.84. The van der Waals surface area contributed by atoms with Crippen molar-refractivity contribution in [2.45, 2.75) is 13.3 Å². The maximum absolute atomic E-state index is 4.21. The lowest BCUT2D eigenvalue weighted by molar-refractivity contribution is 0.629. The largest absolute Gasteiger partial charge is 0.354 e. The molecule has 0 amide bonds. The Kier molecular flexibility index (Phi) is 3.24. The third kappa shape index (κ3) is 2.61. The summed E-state index contributed by atoms with van der Waals surface area (Å²) in [5.41, 5.74) is 1.10. The van der Waals surface area contributed by atoms with E-state index in [0.29, 0.717) is 0 Å². The SMILES string of the molecule is Cc1cnc(NCC2CCSC2)nc1. The van der Waals surface area contributed by atoms with Gasteiger partial charge in [-0.3, -0.25) is 0 Å². The molecule has 3 nitrogen and oxygen atoms in total. The van der Waals surface area contributed by atoms with Crippen LogP contribution < -0.4 is 5.32 Å². The van der Waals surface area contributed by atoms with E-state index in [1.807, 2.05) is 31.1 Å². The molecule has 1 atom stereocenters. The van der Waals surface area contributed by atoms with Crippen LogP contribution in [0.2, 0.25) is 0 Å². The van der Waals surface area contributed by atoms with Crippen molar-refractivity contribution >= 4 is 17.7 Å². The van der Waals surface area contributed by atoms with Gasteiger partial charge in [-0.05, 0) is 36.3 Å². The summed E-state index contributed by atoms with van der Waals surface area (Å²) in [6.45, 7) is 3.01. The molecular weight excluding hydrogens is 194 g/mol. The number of nitrogens with one attached hydrogen (secondary N) is 1. The van der Waals surface area contributed by atoms with Gasteiger partial charge in [0.1, 0.15) is 0 Å². The van der Waals surface area contributed by atoms with Crippen LogP contribution in [0.15, 0.2) is 12.4 Å². The zero-order valence-electron chi connectivity index (χ0n) is 8.36. The summed E-state index contributed by atoms with van der Waals surface area (Å²) in [7, 11) is 0. The normalized spacial score (nSPS) is 21.1. The summed E-state index contributed by atoms with van der Waals surface area (Å²) in [5.74, 6) is 4.14. The Labute approximate surface area is 88.7 Å². The van der Waals surface area contributed by atoms with Crippen LogP contribution in [-0.2, 0) is 0 Å². The summed E-state index contributed by atoms with van der Waals surface area (Å²) in [6.07, 6.45) is 5.01. The zero-order chi connectivity index (χ0) is 9.80. The Morgan fingerprint density at radius 3 is 2.93 bits per heavy atom. The van der Waals surface area contributed by atoms with E-state index >= 15 is 0 Å². The highest BCUT2D eigenvalue weighted by Crippen LogP contribution is 2.23. The second-order valence-corrected chi connectivity index (χ2v) is 4.84. The number of nitrogens with zero attached hydrogens (tertiary/aromatic N) is 2. The minimum atomic E-state index is 0.757. The lowest BCUT2D eigenvalue weighted by atomic mass is 10.1. The summed E-state index contributed by atoms with van der Waals surface area (Å²) >= 11 is 2.04. The van der Waals surface area contributed by atoms with Gasteiger partial charge in [-0.2, -0.15) is 11.8 Å². The second kappa shape index (κ2) is 4.64. The predicted molar refractivity (Wildman–Crippen MR) is 60.7 cm³/mol. The fourth-order valence-corrected chi connectivity index (χ4v) is 2.75. The summed E-state index contributed by atoms with van der Waals surface area (Å²) < 4.78 is 0. The second-order valence-electron chi connectivity index (χ2n) is 3.69. The molecule has 4 heteroatoms. The Balaban J connectivity index is 1.82. The van der Waals surface area contributed by atoms with Gasteiger partial charge < -0.3 is 5.32 Å². The fourth-order valence-electron chi connectivity index (χ4n) is 1.46. The van der Waals surface area contributed by atoms with Gasteiger partial charge in [0.05, 0.1) is 0 Å². The van der Waals surface area contributed by atoms with E-state index in [9.17, 15) is 0 Å². The number of hydrogen-bond donors (Lipinski definition) is 1. The highest BCUT2D eigenvalue weighted by atomic mass is 32.2. The van der Waals surface area contributed by atoms with E-state index in [0.717, 1.165) is 24.0 Å². The van der Waals surface area contributed by atoms with Crippen LogP contribution in [0.25, 0.3) is 0 Å². The molecule has 76 valence electrons. The molecule has 1 N–H and O–H groups in total. The van der Waals surface area contributed by atoms with Crippen molar-refractivity contribution in [3.05, 3.63) is 18.0 Å². The Morgan fingerprint density at radius 2 is 2.29 bits per heavy atom. The van der Waals surface area contributed by atoms with Gasteiger partial charge in [0.15, 0.2) is 0 Å². The molecule has 1 saturated heterocycles. The monoisotopic (exact) mass is 209 g/mol. The van der Waals surface area contributed by atoms with Crippen molar-refractivity contribution in [2.24, 2.45) is 5.92 Å². The van der Waals surface area contributed by atoms with E-state index in [-0.39, 0.29) is 0 Å². The van der Waals surface area contributed by atoms with Crippen LogP contribution in [0.4, 0.5) is 5.95 Å². The maximum atomic E-state index is 4.21. The highest BCUT2D eigenvalue weighted by molar-refractivity contribution is 7.99. The van der Waals surface area contributed by atoms with Crippen molar-refractivity contribution in [3.8, 4) is 0 Å². The maximum Gasteiger partial charge on any atom is 0.222 e. The summed E-state index contributed by atoms with van der Waals surface area (Å²) in [4.78, 5) is 8.42. The van der Waals surface area contributed by atoms with E-state index in [1.165, 1.54) is 17.9 Å². The van der Waals surface area contributed by atoms with Crippen LogP contribution >= 0.6 is 11.8 Å². The van der Waals surface area contributed by atoms with Crippen molar-refractivity contribution < 1.29 is 0 Å². The average molecular weight is 209 g/mol. The number of rotatable bonds is 3. The molecule has 1 fully saturated rings. The van der Waals surface area contributed by atoms with Crippen molar-refractivity contribution in [1.82, 2.24) is 9.97 Å². The number of aromatic nitrogens is 2. The molecule has 1 aliphatic heterocycles. The molecule has 1 aromatic rings. The van der Waals surface area contributed by atoms with Crippen LogP contribution in [0.5, 0.6) is 0 Å². The van der Waals surface area contributed by atoms with Gasteiger partial charge in [0.25, 0.3) is 0 Å². The van der Waals surface area contributed by atoms with E-state index in [2.05, 4.69) is 15.3 Å². The van der Waals surface area contributed by atoms with Crippen molar-refractivity contribution in [3.63, 3.8) is 0 Å². The fraction of sp³-hybridized carbons (Fsp3) is 0.600. The first-order valence-electron chi connectivity index (χ1n) is 4.95. The number of hydrogen-bond acceptors (Lipinski definition) is 4. The van der Waals surface area contributed by atoms with E-state index < -0.39 is 0 Å². The Bertz CT molecular complexity index is 280. The first-order valence-corrected chi connectivity index (χ1v) is 6.10. The number of thioether (sulfide) groups is 1. The third-order valence-corrected chi connectivity index (χ3v) is 3.59. The summed E-state index contributed by atoms with van der Waals surface area (Å²) in [6, 6.07) is 0. The smallest absolute Gasteiger partial charge is 0.222 e. The molecule has 2 rings (SSSR count). The van der Waals surface area contributed by atoms with Gasteiger partial charge in [0.2, 0.25) is 5.95 Å². The lowest BCUT2D eigenvalue weighted by Gasteiger charge is -2.09. The molecule has 0 bridgehead atoms. The van der Waals surface area contributed by atoms with Crippen LogP contribution in [0, 0.1) is 12.8 Å². The molecule has 0 aliphatic carbocycles. The molecule has 0 radical (unpaired) electrons. The Morgan fingerprint density at radius 1 is 1.50 bits per heavy atom. The number of anilines is 1. The predicted octanol–water partition coefficient (Wildman–Crippen LogP) is 1.95. The molecule has 0 aromatic carbocycles. The minimum Gasteiger partial charge on any atom is -0.354 e. The Hall–Kier alpha value is -0.770. The third-order valence-electron chi connectivity index (χ3n) is 2.35. The van der Waals surface area contributed by atoms with E-state index in [1.54, 1.807) is 0 Å².